The number of carbonyl (C=O) groups is 1. The number of hydrogen-bond donors (Lipinski definition) is 0. The van der Waals surface area contributed by atoms with Crippen LogP contribution in [0.4, 0.5) is 13.2 Å². The van der Waals surface area contributed by atoms with E-state index < -0.39 is 17.7 Å². The zero-order valence-corrected chi connectivity index (χ0v) is 9.43. The molecule has 0 fully saturated rings. The van der Waals surface area contributed by atoms with E-state index in [0.29, 0.717) is 6.07 Å². The Kier molecular flexibility index (Phi) is 4.26. The molecule has 0 unspecified atom stereocenters. The molecule has 0 saturated carbocycles. The van der Waals surface area contributed by atoms with Gasteiger partial charge >= 0.3 is 6.04 Å². The fourth-order valence-electron chi connectivity index (χ4n) is 1.48. The molecular formula is C13H11F3O. The summed E-state index contributed by atoms with van der Waals surface area (Å²) in [7, 11) is 0. The Hall–Kier alpha value is -1.84. The second-order valence-electron chi connectivity index (χ2n) is 3.06. The van der Waals surface area contributed by atoms with Crippen molar-refractivity contribution in [2.75, 3.05) is 0 Å². The van der Waals surface area contributed by atoms with Crippen LogP contribution >= 0.6 is 0 Å². The van der Waals surface area contributed by atoms with E-state index in [1.54, 1.807) is 0 Å². The Balaban J connectivity index is 0.000000686. The lowest BCUT2D eigenvalue weighted by Gasteiger charge is -2.02. The molecule has 17 heavy (non-hydrogen) atoms. The highest BCUT2D eigenvalue weighted by Gasteiger charge is 2.12. The van der Waals surface area contributed by atoms with Crippen molar-refractivity contribution >= 4 is 16.8 Å². The van der Waals surface area contributed by atoms with E-state index in [2.05, 4.69) is 0 Å². The zero-order chi connectivity index (χ0) is 13.0. The molecule has 2 aromatic carbocycles. The van der Waals surface area contributed by atoms with Gasteiger partial charge in [-0.25, -0.2) is 8.78 Å². The molecule has 0 aliphatic heterocycles. The summed E-state index contributed by atoms with van der Waals surface area (Å²) in [6.45, 7) is 4.00. The molecule has 2 aromatic rings. The number of halogens is 3. The van der Waals surface area contributed by atoms with Crippen LogP contribution in [0, 0.1) is 11.6 Å². The average molecular weight is 240 g/mol. The summed E-state index contributed by atoms with van der Waals surface area (Å²) in [6.07, 6.45) is 0. The first-order valence-corrected chi connectivity index (χ1v) is 5.17. The molecule has 0 aliphatic carbocycles. The van der Waals surface area contributed by atoms with E-state index in [1.165, 1.54) is 18.2 Å². The fourth-order valence-corrected chi connectivity index (χ4v) is 1.48. The van der Waals surface area contributed by atoms with Gasteiger partial charge in [0.25, 0.3) is 0 Å². The molecule has 4 heteroatoms. The first-order valence-electron chi connectivity index (χ1n) is 5.17. The van der Waals surface area contributed by atoms with E-state index >= 15 is 0 Å². The molecule has 0 saturated heterocycles. The van der Waals surface area contributed by atoms with Crippen LogP contribution in [0.5, 0.6) is 0 Å². The number of hydrogen-bond acceptors (Lipinski definition) is 1. The maximum Gasteiger partial charge on any atom is 0.332 e. The third-order valence-electron chi connectivity index (χ3n) is 2.12. The van der Waals surface area contributed by atoms with Gasteiger partial charge in [-0.3, -0.25) is 4.79 Å². The second kappa shape index (κ2) is 5.48. The minimum atomic E-state index is -1.70. The van der Waals surface area contributed by atoms with Crippen LogP contribution in [-0.4, -0.2) is 6.04 Å². The predicted octanol–water partition coefficient (Wildman–Crippen LogP) is 4.25. The van der Waals surface area contributed by atoms with E-state index in [4.69, 9.17) is 0 Å². The molecule has 0 amide bonds. The Morgan fingerprint density at radius 1 is 1.06 bits per heavy atom. The van der Waals surface area contributed by atoms with Crippen LogP contribution in [0.25, 0.3) is 10.8 Å². The van der Waals surface area contributed by atoms with Crippen molar-refractivity contribution in [3.05, 3.63) is 47.5 Å². The fraction of sp³-hybridized carbons (Fsp3) is 0.154. The molecule has 0 heterocycles. The largest absolute Gasteiger partial charge is 0.332 e. The first kappa shape index (κ1) is 13.2. The molecule has 0 aliphatic rings. The summed E-state index contributed by atoms with van der Waals surface area (Å²) >= 11 is 0. The van der Waals surface area contributed by atoms with E-state index in [0.717, 1.165) is 6.07 Å². The third-order valence-corrected chi connectivity index (χ3v) is 2.12. The van der Waals surface area contributed by atoms with E-state index in [9.17, 15) is 18.0 Å². The minimum Gasteiger partial charge on any atom is -0.255 e. The monoisotopic (exact) mass is 240 g/mol. The predicted molar refractivity (Wildman–Crippen MR) is 60.7 cm³/mol. The van der Waals surface area contributed by atoms with Crippen molar-refractivity contribution in [1.82, 2.24) is 0 Å². The molecule has 1 nitrogen and oxygen atoms in total. The molecular weight excluding hydrogens is 229 g/mol. The van der Waals surface area contributed by atoms with Crippen LogP contribution in [0.1, 0.15) is 24.2 Å². The summed E-state index contributed by atoms with van der Waals surface area (Å²) in [5.74, 6) is -1.65. The summed E-state index contributed by atoms with van der Waals surface area (Å²) in [5.41, 5.74) is -0.328. The van der Waals surface area contributed by atoms with Gasteiger partial charge in [0.15, 0.2) is 0 Å². The molecule has 0 N–H and O–H groups in total. The van der Waals surface area contributed by atoms with Gasteiger partial charge in [0, 0.05) is 16.8 Å². The van der Waals surface area contributed by atoms with Crippen molar-refractivity contribution in [3.63, 3.8) is 0 Å². The molecule has 2 rings (SSSR count). The Morgan fingerprint density at radius 3 is 2.29 bits per heavy atom. The molecule has 0 aromatic heterocycles. The van der Waals surface area contributed by atoms with E-state index in [1.807, 2.05) is 13.8 Å². The highest BCUT2D eigenvalue weighted by Crippen LogP contribution is 2.23. The highest BCUT2D eigenvalue weighted by atomic mass is 19.1. The van der Waals surface area contributed by atoms with Gasteiger partial charge in [-0.1, -0.05) is 26.0 Å². The highest BCUT2D eigenvalue weighted by molar-refractivity contribution is 6.04. The van der Waals surface area contributed by atoms with Crippen molar-refractivity contribution in [2.45, 2.75) is 13.8 Å². The summed E-state index contributed by atoms with van der Waals surface area (Å²) in [4.78, 5) is 10.6. The Labute approximate surface area is 96.9 Å². The van der Waals surface area contributed by atoms with Crippen LogP contribution in [-0.2, 0) is 0 Å². The molecule has 90 valence electrons. The summed E-state index contributed by atoms with van der Waals surface area (Å²) < 4.78 is 38.6. The number of fused-ring (bicyclic) bond motifs is 1. The zero-order valence-electron chi connectivity index (χ0n) is 9.43. The van der Waals surface area contributed by atoms with Gasteiger partial charge in [0.1, 0.15) is 11.6 Å². The minimum absolute atomic E-state index is 0.0277. The van der Waals surface area contributed by atoms with Gasteiger partial charge in [-0.15, -0.1) is 0 Å². The molecule has 0 bridgehead atoms. The standard InChI is InChI=1S/C11H5F3O.C2H6/c12-6-4-9-7(10(13)5-6)2-1-3-8(9)11(14)15;1-2/h1-5H;1-2H3. The van der Waals surface area contributed by atoms with Gasteiger partial charge in [0.05, 0.1) is 5.56 Å². The Morgan fingerprint density at radius 2 is 1.71 bits per heavy atom. The maximum atomic E-state index is 13.2. The number of carbonyl (C=O) groups excluding carboxylic acids is 1. The van der Waals surface area contributed by atoms with Crippen molar-refractivity contribution in [1.29, 1.82) is 0 Å². The maximum absolute atomic E-state index is 13.2. The van der Waals surface area contributed by atoms with Gasteiger partial charge < -0.3 is 0 Å². The molecule has 0 radical (unpaired) electrons. The summed E-state index contributed by atoms with van der Waals surface area (Å²) in [5, 5.41) is -0.0256. The van der Waals surface area contributed by atoms with Crippen LogP contribution in [0.15, 0.2) is 30.3 Å². The van der Waals surface area contributed by atoms with Crippen molar-refractivity contribution in [2.24, 2.45) is 0 Å². The number of rotatable bonds is 1. The quantitative estimate of drug-likeness (QED) is 0.681. The molecule has 0 spiro atoms. The molecule has 0 atom stereocenters. The van der Waals surface area contributed by atoms with Gasteiger partial charge in [-0.05, 0) is 12.1 Å². The topological polar surface area (TPSA) is 17.1 Å². The summed E-state index contributed by atoms with van der Waals surface area (Å²) in [6, 6.07) is 3.81. The number of benzene rings is 2. The normalized spacial score (nSPS) is 9.71. The SMILES string of the molecule is CC.O=C(F)c1cccc2c(F)cc(F)cc12. The lowest BCUT2D eigenvalue weighted by molar-refractivity contribution is 0.0838. The second-order valence-corrected chi connectivity index (χ2v) is 3.06. The van der Waals surface area contributed by atoms with Crippen molar-refractivity contribution < 1.29 is 18.0 Å². The third kappa shape index (κ3) is 2.64. The van der Waals surface area contributed by atoms with Crippen LogP contribution in [0.3, 0.4) is 0 Å². The first-order chi connectivity index (χ1) is 8.09. The smallest absolute Gasteiger partial charge is 0.255 e. The average Bonchev–Trinajstić information content (AvgIpc) is 2.30. The van der Waals surface area contributed by atoms with E-state index in [-0.39, 0.29) is 16.3 Å². The van der Waals surface area contributed by atoms with Crippen molar-refractivity contribution in [3.8, 4) is 0 Å². The lowest BCUT2D eigenvalue weighted by atomic mass is 10.0. The van der Waals surface area contributed by atoms with Gasteiger partial charge in [-0.2, -0.15) is 4.39 Å². The van der Waals surface area contributed by atoms with Crippen LogP contribution in [0.2, 0.25) is 0 Å². The van der Waals surface area contributed by atoms with Crippen LogP contribution < -0.4 is 0 Å². The van der Waals surface area contributed by atoms with Gasteiger partial charge in [0.2, 0.25) is 0 Å². The lowest BCUT2D eigenvalue weighted by Crippen LogP contribution is -1.94. The Bertz CT molecular complexity index is 550.